The number of benzene rings is 6. The predicted molar refractivity (Wildman–Crippen MR) is 181 cm³/mol. The molecule has 0 unspecified atom stereocenters. The highest BCUT2D eigenvalue weighted by molar-refractivity contribution is 6.36. The number of rotatable bonds is 8. The van der Waals surface area contributed by atoms with Gasteiger partial charge in [-0.05, 0) is 89.5 Å². The lowest BCUT2D eigenvalue weighted by Gasteiger charge is -2.26. The molecule has 0 bridgehead atoms. The number of ketones is 1. The van der Waals surface area contributed by atoms with E-state index in [1.807, 2.05) is 146 Å². The molecule has 1 aliphatic carbocycles. The van der Waals surface area contributed by atoms with Crippen LogP contribution in [-0.2, 0) is 4.79 Å². The van der Waals surface area contributed by atoms with E-state index >= 15 is 0 Å². The second kappa shape index (κ2) is 12.3. The van der Waals surface area contributed by atoms with Crippen molar-refractivity contribution in [2.45, 2.75) is 0 Å². The zero-order valence-corrected chi connectivity index (χ0v) is 24.8. The number of carbonyl (C=O) groups is 1. The Hall–Kier alpha value is -6.33. The molecule has 0 radical (unpaired) electrons. The van der Waals surface area contributed by atoms with Gasteiger partial charge < -0.3 is 20.0 Å². The molecule has 222 valence electrons. The molecule has 0 heterocycles. The third-order valence-corrected chi connectivity index (χ3v) is 8.00. The fraction of sp³-hybridized carbons (Fsp3) is 0. The van der Waals surface area contributed by atoms with Crippen LogP contribution in [0.1, 0.15) is 11.1 Å². The van der Waals surface area contributed by atoms with Gasteiger partial charge in [0.15, 0.2) is 5.78 Å². The molecule has 0 aromatic heterocycles. The summed E-state index contributed by atoms with van der Waals surface area (Å²) in [6.07, 6.45) is 0. The standard InChI is InChI=1S/C41H30N2O3/c44-39-37(29-21-25-35(26-22-29)42(31-13-5-1-6-14-31)32-15-7-2-8-16-32)40(45)41(46)38(39)30-23-27-36(28-24-30)43(33-17-9-3-10-18-33)34-19-11-4-12-20-34/h1-28,44H,(H,45,46)/p-2. The van der Waals surface area contributed by atoms with Gasteiger partial charge in [0.05, 0.1) is 0 Å². The molecule has 0 amide bonds. The van der Waals surface area contributed by atoms with Crippen molar-refractivity contribution in [3.63, 3.8) is 0 Å². The lowest BCUT2D eigenvalue weighted by Crippen LogP contribution is -2.14. The van der Waals surface area contributed by atoms with Crippen LogP contribution >= 0.6 is 0 Å². The minimum atomic E-state index is -0.782. The number of nitrogens with zero attached hydrogens (tertiary/aromatic N) is 2. The quantitative estimate of drug-likeness (QED) is 0.178. The molecule has 0 aliphatic heterocycles. The molecular weight excluding hydrogens is 568 g/mol. The van der Waals surface area contributed by atoms with E-state index in [0.29, 0.717) is 11.1 Å². The van der Waals surface area contributed by atoms with Gasteiger partial charge in [-0.3, -0.25) is 4.79 Å². The van der Waals surface area contributed by atoms with E-state index in [0.717, 1.165) is 34.1 Å². The maximum Gasteiger partial charge on any atom is 0.178 e. The number of para-hydroxylation sites is 4. The zero-order valence-electron chi connectivity index (χ0n) is 24.8. The van der Waals surface area contributed by atoms with Crippen molar-refractivity contribution in [3.8, 4) is 0 Å². The van der Waals surface area contributed by atoms with Crippen molar-refractivity contribution in [1.82, 2.24) is 0 Å². The van der Waals surface area contributed by atoms with E-state index < -0.39 is 17.3 Å². The summed E-state index contributed by atoms with van der Waals surface area (Å²) < 4.78 is 0. The highest BCUT2D eigenvalue weighted by Gasteiger charge is 2.25. The Morgan fingerprint density at radius 3 is 0.935 bits per heavy atom. The Morgan fingerprint density at radius 2 is 0.609 bits per heavy atom. The van der Waals surface area contributed by atoms with E-state index in [2.05, 4.69) is 9.80 Å². The van der Waals surface area contributed by atoms with Gasteiger partial charge in [0.2, 0.25) is 0 Å². The molecule has 7 rings (SSSR count). The maximum absolute atomic E-state index is 13.7. The van der Waals surface area contributed by atoms with E-state index in [-0.39, 0.29) is 11.1 Å². The highest BCUT2D eigenvalue weighted by Crippen LogP contribution is 2.40. The van der Waals surface area contributed by atoms with E-state index in [1.54, 1.807) is 24.3 Å². The van der Waals surface area contributed by atoms with Gasteiger partial charge in [-0.25, -0.2) is 0 Å². The van der Waals surface area contributed by atoms with E-state index in [9.17, 15) is 15.0 Å². The maximum atomic E-state index is 13.7. The van der Waals surface area contributed by atoms with Crippen LogP contribution in [0.2, 0.25) is 0 Å². The predicted octanol–water partition coefficient (Wildman–Crippen LogP) is 8.05. The number of hydrogen-bond acceptors (Lipinski definition) is 5. The summed E-state index contributed by atoms with van der Waals surface area (Å²) in [6, 6.07) is 54.2. The molecule has 0 N–H and O–H groups in total. The number of Topliss-reactive ketones (excluding diaryl/α,β-unsaturated/α-hetero) is 1. The molecule has 5 nitrogen and oxygen atoms in total. The third-order valence-electron chi connectivity index (χ3n) is 8.00. The largest absolute Gasteiger partial charge is 0.872 e. The van der Waals surface area contributed by atoms with Crippen molar-refractivity contribution in [1.29, 1.82) is 0 Å². The summed E-state index contributed by atoms with van der Waals surface area (Å²) >= 11 is 0. The molecule has 0 fully saturated rings. The van der Waals surface area contributed by atoms with Crippen LogP contribution in [0.15, 0.2) is 181 Å². The van der Waals surface area contributed by atoms with Crippen LogP contribution in [-0.4, -0.2) is 5.78 Å². The summed E-state index contributed by atoms with van der Waals surface area (Å²) in [6.45, 7) is 0. The lowest BCUT2D eigenvalue weighted by atomic mass is 10.0. The Balaban J connectivity index is 1.21. The Bertz CT molecular complexity index is 1960. The Morgan fingerprint density at radius 1 is 0.326 bits per heavy atom. The first-order valence-electron chi connectivity index (χ1n) is 15.0. The SMILES string of the molecule is O=C1C([O-])=C(c2ccc(N(c3ccccc3)c3ccccc3)cc2)C([O-])=C1c1ccc(N(c2ccccc2)c2ccccc2)cc1. The average molecular weight is 597 g/mol. The molecule has 0 spiro atoms. The van der Waals surface area contributed by atoms with Crippen LogP contribution in [0.5, 0.6) is 0 Å². The van der Waals surface area contributed by atoms with Gasteiger partial charge in [-0.15, -0.1) is 0 Å². The van der Waals surface area contributed by atoms with Gasteiger partial charge in [0.1, 0.15) is 0 Å². The fourth-order valence-electron chi connectivity index (χ4n) is 5.84. The fourth-order valence-corrected chi connectivity index (χ4v) is 5.84. The van der Waals surface area contributed by atoms with Crippen molar-refractivity contribution in [2.75, 3.05) is 9.80 Å². The molecule has 1 aliphatic rings. The molecule has 0 atom stereocenters. The Kier molecular flexibility index (Phi) is 7.63. The number of anilines is 6. The minimum Gasteiger partial charge on any atom is -0.872 e. The van der Waals surface area contributed by atoms with Crippen molar-refractivity contribution >= 4 is 51.1 Å². The normalized spacial score (nSPS) is 12.8. The van der Waals surface area contributed by atoms with Crippen molar-refractivity contribution < 1.29 is 15.0 Å². The van der Waals surface area contributed by atoms with Gasteiger partial charge >= 0.3 is 0 Å². The molecule has 6 aromatic rings. The Labute approximate surface area is 267 Å². The number of hydrogen-bond donors (Lipinski definition) is 0. The topological polar surface area (TPSA) is 69.7 Å². The second-order valence-corrected chi connectivity index (χ2v) is 10.8. The number of allylic oxidation sites excluding steroid dienone is 2. The van der Waals surface area contributed by atoms with Crippen molar-refractivity contribution in [3.05, 3.63) is 193 Å². The van der Waals surface area contributed by atoms with Gasteiger partial charge in [-0.1, -0.05) is 109 Å². The van der Waals surface area contributed by atoms with E-state index in [1.165, 1.54) is 0 Å². The first-order chi connectivity index (χ1) is 22.6. The summed E-state index contributed by atoms with van der Waals surface area (Å²) in [5.41, 5.74) is 6.21. The van der Waals surface area contributed by atoms with Crippen LogP contribution in [0.4, 0.5) is 34.1 Å². The van der Waals surface area contributed by atoms with Gasteiger partial charge in [-0.2, -0.15) is 0 Å². The first-order valence-corrected chi connectivity index (χ1v) is 15.0. The van der Waals surface area contributed by atoms with Crippen LogP contribution in [0.25, 0.3) is 11.1 Å². The van der Waals surface area contributed by atoms with Crippen molar-refractivity contribution in [2.24, 2.45) is 0 Å². The second-order valence-electron chi connectivity index (χ2n) is 10.8. The van der Waals surface area contributed by atoms with E-state index in [4.69, 9.17) is 0 Å². The lowest BCUT2D eigenvalue weighted by molar-refractivity contribution is -0.301. The monoisotopic (exact) mass is 596 g/mol. The molecular formula is C41H28N2O3-2. The molecule has 0 saturated heterocycles. The summed E-state index contributed by atoms with van der Waals surface area (Å²) in [4.78, 5) is 17.4. The zero-order chi connectivity index (χ0) is 31.5. The smallest absolute Gasteiger partial charge is 0.178 e. The summed E-state index contributed by atoms with van der Waals surface area (Å²) in [5.74, 6) is -2.12. The number of carbonyl (C=O) groups excluding carboxylic acids is 1. The summed E-state index contributed by atoms with van der Waals surface area (Å²) in [7, 11) is 0. The van der Waals surface area contributed by atoms with Crippen LogP contribution < -0.4 is 20.0 Å². The first kappa shape index (κ1) is 28.4. The molecule has 0 saturated carbocycles. The van der Waals surface area contributed by atoms with Crippen LogP contribution in [0.3, 0.4) is 0 Å². The van der Waals surface area contributed by atoms with Gasteiger partial charge in [0, 0.05) is 39.7 Å². The molecule has 5 heteroatoms. The van der Waals surface area contributed by atoms with Crippen LogP contribution in [0, 0.1) is 0 Å². The average Bonchev–Trinajstić information content (AvgIpc) is 3.34. The highest BCUT2D eigenvalue weighted by atomic mass is 16.3. The third kappa shape index (κ3) is 5.31. The minimum absolute atomic E-state index is 0.100. The molecule has 46 heavy (non-hydrogen) atoms. The summed E-state index contributed by atoms with van der Waals surface area (Å²) in [5, 5.41) is 27.0. The molecule has 6 aromatic carbocycles. The van der Waals surface area contributed by atoms with Gasteiger partial charge in [0.25, 0.3) is 0 Å².